The third-order valence-corrected chi connectivity index (χ3v) is 12.5. The van der Waals surface area contributed by atoms with Gasteiger partial charge in [-0.15, -0.1) is 0 Å². The van der Waals surface area contributed by atoms with Gasteiger partial charge in [0.25, 0.3) is 5.60 Å². The van der Waals surface area contributed by atoms with Gasteiger partial charge in [-0.2, -0.15) is 0 Å². The fraction of sp³-hybridized carbons (Fsp3) is 0.591. The lowest BCUT2D eigenvalue weighted by atomic mass is 9.39. The first-order valence-corrected chi connectivity index (χ1v) is 19.9. The SMILES string of the molecule is CCCCC/C=C\C/C=C\CCCCCCCCOC(=O)OC(C(=O)OC1CC2C13CCC3[N+]21CCCC1)(c1ccccc1)c1ccccc1. The van der Waals surface area contributed by atoms with Crippen LogP contribution in [0.4, 0.5) is 4.79 Å². The first-order chi connectivity index (χ1) is 24.6. The summed E-state index contributed by atoms with van der Waals surface area (Å²) in [5, 5.41) is 0. The maximum absolute atomic E-state index is 14.5. The van der Waals surface area contributed by atoms with Crippen LogP contribution in [0, 0.1) is 5.41 Å². The Morgan fingerprint density at radius 1 is 0.780 bits per heavy atom. The maximum atomic E-state index is 14.5. The molecule has 6 rings (SSSR count). The van der Waals surface area contributed by atoms with E-state index in [1.807, 2.05) is 60.7 Å². The molecule has 2 aromatic carbocycles. The molecule has 4 aliphatic rings. The number of ether oxygens (including phenoxy) is 3. The van der Waals surface area contributed by atoms with Gasteiger partial charge in [0.1, 0.15) is 23.6 Å². The Hall–Kier alpha value is -3.38. The van der Waals surface area contributed by atoms with Gasteiger partial charge in [-0.3, -0.25) is 0 Å². The highest BCUT2D eigenvalue weighted by Crippen LogP contribution is 2.73. The lowest BCUT2D eigenvalue weighted by Crippen LogP contribution is -2.94. The molecule has 2 spiro atoms. The smallest absolute Gasteiger partial charge is 0.458 e. The van der Waals surface area contributed by atoms with Crippen LogP contribution in [0.3, 0.4) is 0 Å². The van der Waals surface area contributed by atoms with E-state index in [1.54, 1.807) is 0 Å². The Balaban J connectivity index is 0.980. The number of nitrogens with zero attached hydrogens (tertiary/aromatic N) is 1. The van der Waals surface area contributed by atoms with Crippen molar-refractivity contribution in [2.75, 3.05) is 19.7 Å². The maximum Gasteiger partial charge on any atom is 0.510 e. The second-order valence-electron chi connectivity index (χ2n) is 15.3. The van der Waals surface area contributed by atoms with E-state index in [0.29, 0.717) is 23.2 Å². The van der Waals surface area contributed by atoms with E-state index in [4.69, 9.17) is 14.2 Å². The predicted octanol–water partition coefficient (Wildman–Crippen LogP) is 10.4. The molecule has 0 amide bonds. The van der Waals surface area contributed by atoms with Crippen LogP contribution in [0.2, 0.25) is 0 Å². The Bertz CT molecular complexity index is 1380. The molecule has 2 heterocycles. The van der Waals surface area contributed by atoms with E-state index in [2.05, 4.69) is 31.2 Å². The summed E-state index contributed by atoms with van der Waals surface area (Å²) in [6.45, 7) is 5.06. The van der Waals surface area contributed by atoms with E-state index in [-0.39, 0.29) is 18.1 Å². The van der Waals surface area contributed by atoms with Crippen molar-refractivity contribution in [2.24, 2.45) is 5.41 Å². The Morgan fingerprint density at radius 2 is 1.38 bits per heavy atom. The average Bonchev–Trinajstić information content (AvgIpc) is 3.60. The molecule has 0 N–H and O–H groups in total. The molecule has 0 aromatic heterocycles. The zero-order chi connectivity index (χ0) is 34.7. The Labute approximate surface area is 300 Å². The average molecular weight is 683 g/mol. The van der Waals surface area contributed by atoms with Crippen molar-refractivity contribution in [1.82, 2.24) is 0 Å². The second-order valence-corrected chi connectivity index (χ2v) is 15.3. The monoisotopic (exact) mass is 682 g/mol. The second kappa shape index (κ2) is 17.2. The third kappa shape index (κ3) is 7.33. The minimum atomic E-state index is -1.75. The molecule has 6 heteroatoms. The van der Waals surface area contributed by atoms with E-state index in [1.165, 1.54) is 81.8 Å². The molecule has 2 aromatic rings. The summed E-state index contributed by atoms with van der Waals surface area (Å²) >= 11 is 0. The number of carbonyl (C=O) groups excluding carboxylic acids is 2. The van der Waals surface area contributed by atoms with Crippen molar-refractivity contribution >= 4 is 12.1 Å². The van der Waals surface area contributed by atoms with Crippen molar-refractivity contribution in [3.05, 3.63) is 96.1 Å². The lowest BCUT2D eigenvalue weighted by molar-refractivity contribution is -1.05. The molecular weight excluding hydrogens is 622 g/mol. The summed E-state index contributed by atoms with van der Waals surface area (Å²) in [5.41, 5.74) is -0.501. The number of piperidine rings is 2. The first-order valence-electron chi connectivity index (χ1n) is 19.9. The molecular formula is C44H60NO5+. The molecule has 0 bridgehead atoms. The van der Waals surface area contributed by atoms with Gasteiger partial charge in [-0.25, -0.2) is 9.59 Å². The molecule has 4 atom stereocenters. The number of hydrogen-bond donors (Lipinski definition) is 0. The highest BCUT2D eigenvalue weighted by Gasteiger charge is 2.86. The van der Waals surface area contributed by atoms with Gasteiger partial charge < -0.3 is 18.7 Å². The quantitative estimate of drug-likeness (QED) is 0.0602. The fourth-order valence-corrected chi connectivity index (χ4v) is 9.85. The number of unbranched alkanes of at least 4 members (excludes halogenated alkanes) is 9. The molecule has 2 aliphatic heterocycles. The minimum Gasteiger partial charge on any atom is -0.458 e. The van der Waals surface area contributed by atoms with E-state index in [0.717, 1.165) is 44.9 Å². The number of esters is 1. The summed E-state index contributed by atoms with van der Waals surface area (Å²) in [7, 11) is 0. The number of rotatable bonds is 20. The molecule has 270 valence electrons. The summed E-state index contributed by atoms with van der Waals surface area (Å²) in [5.74, 6) is -0.524. The number of hydrogen-bond acceptors (Lipinski definition) is 5. The van der Waals surface area contributed by atoms with Gasteiger partial charge in [0.15, 0.2) is 0 Å². The van der Waals surface area contributed by atoms with Crippen molar-refractivity contribution in [1.29, 1.82) is 0 Å². The van der Waals surface area contributed by atoms with Crippen molar-refractivity contribution in [3.63, 3.8) is 0 Å². The van der Waals surface area contributed by atoms with Gasteiger partial charge in [0, 0.05) is 36.8 Å². The van der Waals surface area contributed by atoms with Crippen LogP contribution in [-0.2, 0) is 24.6 Å². The van der Waals surface area contributed by atoms with Crippen LogP contribution >= 0.6 is 0 Å². The van der Waals surface area contributed by atoms with Crippen LogP contribution in [0.1, 0.15) is 127 Å². The predicted molar refractivity (Wildman–Crippen MR) is 198 cm³/mol. The van der Waals surface area contributed by atoms with Crippen LogP contribution < -0.4 is 0 Å². The third-order valence-electron chi connectivity index (χ3n) is 12.5. The van der Waals surface area contributed by atoms with Crippen molar-refractivity contribution in [3.8, 4) is 0 Å². The lowest BCUT2D eigenvalue weighted by Gasteiger charge is -2.80. The first kappa shape index (κ1) is 36.4. The minimum absolute atomic E-state index is 0.112. The molecule has 2 aliphatic carbocycles. The van der Waals surface area contributed by atoms with Gasteiger partial charge in [-0.05, 0) is 44.9 Å². The molecule has 4 fully saturated rings. The topological polar surface area (TPSA) is 61.8 Å². The van der Waals surface area contributed by atoms with Crippen LogP contribution in [0.25, 0.3) is 0 Å². The van der Waals surface area contributed by atoms with E-state index in [9.17, 15) is 9.59 Å². The highest BCUT2D eigenvalue weighted by atomic mass is 16.7. The van der Waals surface area contributed by atoms with Gasteiger partial charge in [0.05, 0.1) is 19.7 Å². The van der Waals surface area contributed by atoms with Crippen molar-refractivity contribution in [2.45, 2.75) is 140 Å². The van der Waals surface area contributed by atoms with Crippen molar-refractivity contribution < 1.29 is 28.3 Å². The normalized spacial score (nSPS) is 24.6. The molecule has 4 unspecified atom stereocenters. The Morgan fingerprint density at radius 3 is 1.96 bits per heavy atom. The van der Waals surface area contributed by atoms with Gasteiger partial charge in [-0.1, -0.05) is 130 Å². The standard InChI is InChI=1S/C44H60NO5/c1-2-3-4-5-6-7-8-9-10-11-12-13-14-15-16-25-34-48-42(47)50-44(36-26-19-17-20-27-36,37-28-21-18-22-29-37)41(46)49-40-35-39-43(40)31-30-38(43)45(39)32-23-24-33-45/h6-7,9-10,17-22,26-29,38-40H,2-5,8,11-16,23-25,30-35H2,1H3/q+1/b7-6-,10-9-. The summed E-state index contributed by atoms with van der Waals surface area (Å²) in [6.07, 6.45) is 27.8. The number of fused-ring (bicyclic) bond motifs is 2. The highest BCUT2D eigenvalue weighted by molar-refractivity contribution is 5.88. The van der Waals surface area contributed by atoms with E-state index >= 15 is 0 Å². The summed E-state index contributed by atoms with van der Waals surface area (Å²) < 4.78 is 19.5. The summed E-state index contributed by atoms with van der Waals surface area (Å²) in [4.78, 5) is 27.9. The largest absolute Gasteiger partial charge is 0.510 e. The zero-order valence-electron chi connectivity index (χ0n) is 30.4. The number of carbonyl (C=O) groups is 2. The molecule has 6 nitrogen and oxygen atoms in total. The van der Waals surface area contributed by atoms with Crippen LogP contribution in [-0.4, -0.2) is 54.5 Å². The Kier molecular flexibility index (Phi) is 12.5. The molecule has 2 saturated carbocycles. The number of quaternary nitrogens is 1. The van der Waals surface area contributed by atoms with Gasteiger partial charge >= 0.3 is 12.1 Å². The molecule has 2 saturated heterocycles. The number of benzene rings is 2. The van der Waals surface area contributed by atoms with Gasteiger partial charge in [0.2, 0.25) is 0 Å². The molecule has 50 heavy (non-hydrogen) atoms. The molecule has 0 radical (unpaired) electrons. The van der Waals surface area contributed by atoms with E-state index < -0.39 is 17.7 Å². The fourth-order valence-electron chi connectivity index (χ4n) is 9.85. The summed E-state index contributed by atoms with van der Waals surface area (Å²) in [6, 6.07) is 19.9. The van der Waals surface area contributed by atoms with Crippen LogP contribution in [0.5, 0.6) is 0 Å². The zero-order valence-corrected chi connectivity index (χ0v) is 30.4. The van der Waals surface area contributed by atoms with Crippen LogP contribution in [0.15, 0.2) is 85.0 Å². The number of allylic oxidation sites excluding steroid dienone is 4.